The average molecular weight is 272 g/mol. The third kappa shape index (κ3) is 4.64. The van der Waals surface area contributed by atoms with Crippen molar-refractivity contribution in [1.82, 2.24) is 4.72 Å². The Morgan fingerprint density at radius 1 is 1.28 bits per heavy atom. The first-order valence-corrected chi connectivity index (χ1v) is 7.44. The Kier molecular flexibility index (Phi) is 5.13. The zero-order chi connectivity index (χ0) is 13.8. The minimum absolute atomic E-state index is 0.0500. The molecule has 0 aliphatic carbocycles. The van der Waals surface area contributed by atoms with E-state index >= 15 is 0 Å². The Labute approximate surface area is 108 Å². The second kappa shape index (κ2) is 6.17. The molecule has 0 amide bonds. The molecule has 0 aliphatic heterocycles. The lowest BCUT2D eigenvalue weighted by atomic mass is 10.1. The van der Waals surface area contributed by atoms with Crippen LogP contribution in [0.1, 0.15) is 19.4 Å². The Bertz CT molecular complexity index is 471. The molecule has 102 valence electrons. The highest BCUT2D eigenvalue weighted by Gasteiger charge is 2.19. The molecular weight excluding hydrogens is 252 g/mol. The molecule has 6 heteroatoms. The molecule has 0 saturated heterocycles. The number of hydrogen-bond donors (Lipinski definition) is 3. The van der Waals surface area contributed by atoms with Gasteiger partial charge in [-0.25, -0.2) is 13.1 Å². The van der Waals surface area contributed by atoms with E-state index in [1.165, 1.54) is 0 Å². The molecule has 2 atom stereocenters. The van der Waals surface area contributed by atoms with Gasteiger partial charge in [-0.1, -0.05) is 19.1 Å². The summed E-state index contributed by atoms with van der Waals surface area (Å²) in [6.45, 7) is 3.48. The first-order chi connectivity index (χ1) is 8.34. The number of nitrogens with two attached hydrogens (primary N) is 1. The molecule has 0 aliphatic rings. The van der Waals surface area contributed by atoms with Crippen molar-refractivity contribution >= 4 is 15.7 Å². The zero-order valence-corrected chi connectivity index (χ0v) is 11.4. The number of aliphatic hydroxyl groups is 1. The summed E-state index contributed by atoms with van der Waals surface area (Å²) in [5, 5.41) is 8.97. The van der Waals surface area contributed by atoms with Crippen molar-refractivity contribution in [2.75, 3.05) is 12.3 Å². The van der Waals surface area contributed by atoms with Crippen LogP contribution >= 0.6 is 0 Å². The first kappa shape index (κ1) is 14.9. The molecule has 0 radical (unpaired) electrons. The molecule has 2 unspecified atom stereocenters. The van der Waals surface area contributed by atoms with Gasteiger partial charge in [-0.15, -0.1) is 0 Å². The zero-order valence-electron chi connectivity index (χ0n) is 10.6. The van der Waals surface area contributed by atoms with Crippen LogP contribution in [0.5, 0.6) is 0 Å². The maximum Gasteiger partial charge on any atom is 0.216 e. The maximum atomic E-state index is 11.9. The Hall–Kier alpha value is -1.11. The molecule has 0 aromatic heterocycles. The summed E-state index contributed by atoms with van der Waals surface area (Å²) in [5.41, 5.74) is 6.82. The normalized spacial score (nSPS) is 15.3. The van der Waals surface area contributed by atoms with Gasteiger partial charge in [0.15, 0.2) is 0 Å². The van der Waals surface area contributed by atoms with Gasteiger partial charge in [0, 0.05) is 18.3 Å². The van der Waals surface area contributed by atoms with Crippen molar-refractivity contribution in [3.8, 4) is 0 Å². The quantitative estimate of drug-likeness (QED) is 0.665. The van der Waals surface area contributed by atoms with Gasteiger partial charge in [0.05, 0.1) is 5.75 Å². The average Bonchev–Trinajstić information content (AvgIpc) is 2.30. The highest BCUT2D eigenvalue weighted by Crippen LogP contribution is 2.10. The number of nitrogen functional groups attached to an aromatic ring is 1. The third-order valence-corrected chi connectivity index (χ3v) is 4.29. The largest absolute Gasteiger partial charge is 0.399 e. The Morgan fingerprint density at radius 3 is 2.33 bits per heavy atom. The predicted octanol–water partition coefficient (Wildman–Crippen LogP) is 0.705. The number of nitrogens with one attached hydrogen (secondary N) is 1. The van der Waals surface area contributed by atoms with Gasteiger partial charge < -0.3 is 10.8 Å². The van der Waals surface area contributed by atoms with E-state index in [0.717, 1.165) is 0 Å². The molecule has 18 heavy (non-hydrogen) atoms. The summed E-state index contributed by atoms with van der Waals surface area (Å²) >= 11 is 0. The van der Waals surface area contributed by atoms with Crippen molar-refractivity contribution in [2.45, 2.75) is 25.6 Å². The lowest BCUT2D eigenvalue weighted by molar-refractivity contribution is 0.216. The van der Waals surface area contributed by atoms with E-state index in [-0.39, 0.29) is 24.3 Å². The first-order valence-electron chi connectivity index (χ1n) is 5.79. The van der Waals surface area contributed by atoms with Gasteiger partial charge >= 0.3 is 0 Å². The van der Waals surface area contributed by atoms with Crippen molar-refractivity contribution in [3.05, 3.63) is 29.8 Å². The molecule has 0 fully saturated rings. The van der Waals surface area contributed by atoms with E-state index in [2.05, 4.69) is 4.72 Å². The van der Waals surface area contributed by atoms with Gasteiger partial charge in [-0.3, -0.25) is 0 Å². The standard InChI is InChI=1S/C12H20N2O3S/c1-9(7-15)10(2)14-18(16,17)8-11-3-5-12(13)6-4-11/h3-6,9-10,14-15H,7-8,13H2,1-2H3. The van der Waals surface area contributed by atoms with Gasteiger partial charge in [-0.2, -0.15) is 0 Å². The Morgan fingerprint density at radius 2 is 1.83 bits per heavy atom. The molecule has 5 nitrogen and oxygen atoms in total. The van der Waals surface area contributed by atoms with E-state index in [0.29, 0.717) is 11.3 Å². The number of aliphatic hydroxyl groups excluding tert-OH is 1. The fourth-order valence-electron chi connectivity index (χ4n) is 1.43. The van der Waals surface area contributed by atoms with Crippen LogP contribution in [-0.4, -0.2) is 26.2 Å². The van der Waals surface area contributed by atoms with Crippen LogP contribution in [0.4, 0.5) is 5.69 Å². The highest BCUT2D eigenvalue weighted by atomic mass is 32.2. The smallest absolute Gasteiger partial charge is 0.216 e. The van der Waals surface area contributed by atoms with Crippen LogP contribution in [0, 0.1) is 5.92 Å². The van der Waals surface area contributed by atoms with E-state index in [4.69, 9.17) is 10.8 Å². The monoisotopic (exact) mass is 272 g/mol. The summed E-state index contributed by atoms with van der Waals surface area (Å²) < 4.78 is 26.3. The lowest BCUT2D eigenvalue weighted by Gasteiger charge is -2.19. The van der Waals surface area contributed by atoms with Crippen LogP contribution < -0.4 is 10.5 Å². The second-order valence-corrected chi connectivity index (χ2v) is 6.32. The van der Waals surface area contributed by atoms with E-state index in [1.54, 1.807) is 38.1 Å². The third-order valence-electron chi connectivity index (χ3n) is 2.84. The summed E-state index contributed by atoms with van der Waals surface area (Å²) in [6.07, 6.45) is 0. The predicted molar refractivity (Wildman–Crippen MR) is 72.3 cm³/mol. The summed E-state index contributed by atoms with van der Waals surface area (Å²) in [7, 11) is -3.40. The van der Waals surface area contributed by atoms with Crippen LogP contribution in [0.15, 0.2) is 24.3 Å². The van der Waals surface area contributed by atoms with Crippen LogP contribution in [0.25, 0.3) is 0 Å². The molecular formula is C12H20N2O3S. The SMILES string of the molecule is CC(CO)C(C)NS(=O)(=O)Cc1ccc(N)cc1. The number of hydrogen-bond acceptors (Lipinski definition) is 4. The highest BCUT2D eigenvalue weighted by molar-refractivity contribution is 7.88. The van der Waals surface area contributed by atoms with E-state index < -0.39 is 10.0 Å². The topological polar surface area (TPSA) is 92.4 Å². The molecule has 0 spiro atoms. The summed E-state index contributed by atoms with van der Waals surface area (Å²) in [4.78, 5) is 0. The molecule has 1 aromatic rings. The summed E-state index contributed by atoms with van der Waals surface area (Å²) in [6, 6.07) is 6.42. The van der Waals surface area contributed by atoms with E-state index in [1.807, 2.05) is 0 Å². The van der Waals surface area contributed by atoms with E-state index in [9.17, 15) is 8.42 Å². The minimum atomic E-state index is -3.40. The van der Waals surface area contributed by atoms with Crippen molar-refractivity contribution in [1.29, 1.82) is 0 Å². The minimum Gasteiger partial charge on any atom is -0.399 e. The molecule has 0 bridgehead atoms. The van der Waals surface area contributed by atoms with Gasteiger partial charge in [0.2, 0.25) is 10.0 Å². The summed E-state index contributed by atoms with van der Waals surface area (Å²) in [5.74, 6) is -0.207. The van der Waals surface area contributed by atoms with Crippen LogP contribution in [0.3, 0.4) is 0 Å². The van der Waals surface area contributed by atoms with Crippen LogP contribution in [0.2, 0.25) is 0 Å². The van der Waals surface area contributed by atoms with Gasteiger partial charge in [0.1, 0.15) is 0 Å². The second-order valence-electron chi connectivity index (χ2n) is 4.57. The molecule has 0 saturated carbocycles. The Balaban J connectivity index is 2.68. The number of rotatable bonds is 6. The van der Waals surface area contributed by atoms with Gasteiger partial charge in [-0.05, 0) is 30.5 Å². The number of benzene rings is 1. The molecule has 4 N–H and O–H groups in total. The van der Waals surface area contributed by atoms with Crippen molar-refractivity contribution < 1.29 is 13.5 Å². The maximum absolute atomic E-state index is 11.9. The fourth-order valence-corrected chi connectivity index (χ4v) is 2.95. The lowest BCUT2D eigenvalue weighted by Crippen LogP contribution is -2.38. The molecule has 1 aromatic carbocycles. The molecule has 0 heterocycles. The van der Waals surface area contributed by atoms with Crippen molar-refractivity contribution in [2.24, 2.45) is 5.92 Å². The fraction of sp³-hybridized carbons (Fsp3) is 0.500. The number of sulfonamides is 1. The van der Waals surface area contributed by atoms with Crippen molar-refractivity contribution in [3.63, 3.8) is 0 Å². The molecule has 1 rings (SSSR count). The van der Waals surface area contributed by atoms with Gasteiger partial charge in [0.25, 0.3) is 0 Å². The number of anilines is 1. The van der Waals surface area contributed by atoms with Crippen LogP contribution in [-0.2, 0) is 15.8 Å².